The zero-order valence-corrected chi connectivity index (χ0v) is 7.81. The predicted octanol–water partition coefficient (Wildman–Crippen LogP) is 0.517. The first-order valence-electron chi connectivity index (χ1n) is 4.38. The minimum absolute atomic E-state index is 0.372. The lowest BCUT2D eigenvalue weighted by Crippen LogP contribution is -2.30. The summed E-state index contributed by atoms with van der Waals surface area (Å²) >= 11 is 0. The van der Waals surface area contributed by atoms with Gasteiger partial charge in [0.2, 0.25) is 0 Å². The van der Waals surface area contributed by atoms with E-state index in [1.165, 1.54) is 6.20 Å². The Hall–Kier alpha value is -1.55. The van der Waals surface area contributed by atoms with Crippen LogP contribution < -0.4 is 11.5 Å². The number of carbonyl (C=O) groups is 1. The molecule has 0 spiro atoms. The van der Waals surface area contributed by atoms with Gasteiger partial charge in [-0.25, -0.2) is 0 Å². The number of carboxylic acid groups (broad SMARTS) is 1. The molecule has 0 radical (unpaired) electrons. The van der Waals surface area contributed by atoms with Crippen LogP contribution in [0, 0.1) is 0 Å². The van der Waals surface area contributed by atoms with Gasteiger partial charge in [-0.2, -0.15) is 0 Å². The molecule has 0 aromatic carbocycles. The van der Waals surface area contributed by atoms with Crippen molar-refractivity contribution in [1.82, 2.24) is 0 Å². The molecule has 4 heteroatoms. The number of allylic oxidation sites excluding steroid dienone is 4. The maximum absolute atomic E-state index is 10.5. The Kier molecular flexibility index (Phi) is 3.48. The Morgan fingerprint density at radius 2 is 2.43 bits per heavy atom. The lowest BCUT2D eigenvalue weighted by atomic mass is 9.95. The molecule has 0 heterocycles. The van der Waals surface area contributed by atoms with E-state index < -0.39 is 12.0 Å². The van der Waals surface area contributed by atoms with E-state index in [4.69, 9.17) is 16.6 Å². The molecule has 5 N–H and O–H groups in total. The Labute approximate surface area is 82.6 Å². The highest BCUT2D eigenvalue weighted by molar-refractivity contribution is 5.73. The molecule has 1 atom stereocenters. The number of hydrogen-bond acceptors (Lipinski definition) is 3. The first kappa shape index (κ1) is 10.5. The highest BCUT2D eigenvalue weighted by atomic mass is 16.4. The highest BCUT2D eigenvalue weighted by Crippen LogP contribution is 2.20. The quantitative estimate of drug-likeness (QED) is 0.611. The van der Waals surface area contributed by atoms with E-state index in [-0.39, 0.29) is 0 Å². The largest absolute Gasteiger partial charge is 0.480 e. The van der Waals surface area contributed by atoms with Crippen molar-refractivity contribution in [1.29, 1.82) is 0 Å². The third-order valence-electron chi connectivity index (χ3n) is 2.09. The summed E-state index contributed by atoms with van der Waals surface area (Å²) in [6.45, 7) is 0. The van der Waals surface area contributed by atoms with Gasteiger partial charge >= 0.3 is 5.97 Å². The predicted molar refractivity (Wildman–Crippen MR) is 54.3 cm³/mol. The molecule has 0 amide bonds. The molecule has 1 aliphatic rings. The van der Waals surface area contributed by atoms with E-state index in [2.05, 4.69) is 0 Å². The molecular formula is C10H14N2O2. The van der Waals surface area contributed by atoms with Gasteiger partial charge in [-0.3, -0.25) is 4.79 Å². The number of rotatable bonds is 3. The van der Waals surface area contributed by atoms with Crippen molar-refractivity contribution in [3.63, 3.8) is 0 Å². The molecule has 14 heavy (non-hydrogen) atoms. The zero-order valence-electron chi connectivity index (χ0n) is 7.81. The first-order valence-corrected chi connectivity index (χ1v) is 4.38. The maximum atomic E-state index is 10.5. The van der Waals surface area contributed by atoms with Gasteiger partial charge in [0.1, 0.15) is 6.04 Å². The second-order valence-corrected chi connectivity index (χ2v) is 3.25. The molecule has 1 aliphatic carbocycles. The van der Waals surface area contributed by atoms with Crippen molar-refractivity contribution in [2.75, 3.05) is 0 Å². The van der Waals surface area contributed by atoms with Gasteiger partial charge in [0.25, 0.3) is 0 Å². The van der Waals surface area contributed by atoms with Gasteiger partial charge < -0.3 is 16.6 Å². The van der Waals surface area contributed by atoms with Gasteiger partial charge in [-0.15, -0.1) is 0 Å². The fourth-order valence-electron chi connectivity index (χ4n) is 1.31. The SMILES string of the molecule is NC=C1C=CC=C(C[C@H](N)C(=O)O)C1. The van der Waals surface area contributed by atoms with Crippen LogP contribution in [0.2, 0.25) is 0 Å². The lowest BCUT2D eigenvalue weighted by molar-refractivity contribution is -0.138. The average Bonchev–Trinajstić information content (AvgIpc) is 2.18. The summed E-state index contributed by atoms with van der Waals surface area (Å²) in [5.41, 5.74) is 12.8. The molecular weight excluding hydrogens is 180 g/mol. The smallest absolute Gasteiger partial charge is 0.320 e. The van der Waals surface area contributed by atoms with Crippen LogP contribution in [-0.2, 0) is 4.79 Å². The molecule has 0 saturated carbocycles. The van der Waals surface area contributed by atoms with Crippen molar-refractivity contribution in [2.45, 2.75) is 18.9 Å². The van der Waals surface area contributed by atoms with Crippen LogP contribution in [0.4, 0.5) is 0 Å². The van der Waals surface area contributed by atoms with Crippen LogP contribution in [0.25, 0.3) is 0 Å². The topological polar surface area (TPSA) is 89.3 Å². The molecule has 0 saturated heterocycles. The fourth-order valence-corrected chi connectivity index (χ4v) is 1.31. The van der Waals surface area contributed by atoms with Crippen LogP contribution in [-0.4, -0.2) is 17.1 Å². The summed E-state index contributed by atoms with van der Waals surface area (Å²) in [5.74, 6) is -0.973. The first-order chi connectivity index (χ1) is 6.63. The Morgan fingerprint density at radius 1 is 1.71 bits per heavy atom. The highest BCUT2D eigenvalue weighted by Gasteiger charge is 2.14. The van der Waals surface area contributed by atoms with Crippen LogP contribution in [0.3, 0.4) is 0 Å². The van der Waals surface area contributed by atoms with Gasteiger partial charge in [0, 0.05) is 0 Å². The summed E-state index contributed by atoms with van der Waals surface area (Å²) in [5, 5.41) is 8.63. The normalized spacial score (nSPS) is 20.6. The van der Waals surface area contributed by atoms with E-state index in [1.54, 1.807) is 0 Å². The van der Waals surface area contributed by atoms with E-state index in [0.29, 0.717) is 12.8 Å². The van der Waals surface area contributed by atoms with E-state index >= 15 is 0 Å². The van der Waals surface area contributed by atoms with E-state index in [1.807, 2.05) is 18.2 Å². The lowest BCUT2D eigenvalue weighted by Gasteiger charge is -2.13. The van der Waals surface area contributed by atoms with Gasteiger partial charge in [0.15, 0.2) is 0 Å². The van der Waals surface area contributed by atoms with Crippen molar-refractivity contribution < 1.29 is 9.90 Å². The molecule has 76 valence electrons. The summed E-state index contributed by atoms with van der Waals surface area (Å²) in [6.07, 6.45) is 8.22. The molecule has 0 unspecified atom stereocenters. The minimum Gasteiger partial charge on any atom is -0.480 e. The Morgan fingerprint density at radius 3 is 3.00 bits per heavy atom. The molecule has 0 fully saturated rings. The number of hydrogen-bond donors (Lipinski definition) is 3. The van der Waals surface area contributed by atoms with Crippen LogP contribution in [0.15, 0.2) is 35.6 Å². The van der Waals surface area contributed by atoms with Gasteiger partial charge in [-0.05, 0) is 24.6 Å². The van der Waals surface area contributed by atoms with Crippen LogP contribution >= 0.6 is 0 Å². The molecule has 1 rings (SSSR count). The third-order valence-corrected chi connectivity index (χ3v) is 2.09. The number of nitrogens with two attached hydrogens (primary N) is 2. The van der Waals surface area contributed by atoms with Crippen molar-refractivity contribution in [2.24, 2.45) is 11.5 Å². The van der Waals surface area contributed by atoms with Gasteiger partial charge in [0.05, 0.1) is 0 Å². The average molecular weight is 194 g/mol. The monoisotopic (exact) mass is 194 g/mol. The van der Waals surface area contributed by atoms with Crippen LogP contribution in [0.5, 0.6) is 0 Å². The van der Waals surface area contributed by atoms with Gasteiger partial charge in [-0.1, -0.05) is 23.8 Å². The molecule has 0 aromatic heterocycles. The summed E-state index contributed by atoms with van der Waals surface area (Å²) < 4.78 is 0. The van der Waals surface area contributed by atoms with Crippen molar-refractivity contribution >= 4 is 5.97 Å². The number of carboxylic acids is 1. The Balaban J connectivity index is 2.59. The Bertz CT molecular complexity index is 316. The second kappa shape index (κ2) is 4.62. The number of aliphatic carboxylic acids is 1. The van der Waals surface area contributed by atoms with E-state index in [9.17, 15) is 4.79 Å². The maximum Gasteiger partial charge on any atom is 0.320 e. The van der Waals surface area contributed by atoms with Crippen LogP contribution in [0.1, 0.15) is 12.8 Å². The van der Waals surface area contributed by atoms with Crippen molar-refractivity contribution in [3.8, 4) is 0 Å². The van der Waals surface area contributed by atoms with E-state index in [0.717, 1.165) is 11.1 Å². The fraction of sp³-hybridized carbons (Fsp3) is 0.300. The minimum atomic E-state index is -0.973. The third kappa shape index (κ3) is 2.74. The molecule has 4 nitrogen and oxygen atoms in total. The molecule has 0 bridgehead atoms. The second-order valence-electron chi connectivity index (χ2n) is 3.25. The van der Waals surface area contributed by atoms with Crippen molar-refractivity contribution in [3.05, 3.63) is 35.6 Å². The summed E-state index contributed by atoms with van der Waals surface area (Å²) in [7, 11) is 0. The summed E-state index contributed by atoms with van der Waals surface area (Å²) in [6, 6.07) is -0.827. The zero-order chi connectivity index (χ0) is 10.6. The molecule has 0 aromatic rings. The summed E-state index contributed by atoms with van der Waals surface area (Å²) in [4.78, 5) is 10.5. The standard InChI is InChI=1S/C10H14N2O2/c11-6-8-3-1-2-7(4-8)5-9(12)10(13)14/h1-3,6,9H,4-5,11-12H2,(H,13,14)/t9-/m0/s1. The molecule has 0 aliphatic heterocycles.